The van der Waals surface area contributed by atoms with Crippen molar-refractivity contribution in [1.82, 2.24) is 15.5 Å². The molecule has 2 heterocycles. The van der Waals surface area contributed by atoms with Gasteiger partial charge in [0, 0.05) is 56.7 Å². The standard InChI is InChI=1S/C23H34N4O/c1-24-22(26-20-19-10-15-28-21(19)23(20)11-5-12-23)25-18-8-13-27(14-9-18)16-17-6-3-2-4-7-17/h2-4,6-7,18-21H,5,8-16H2,1H3,(H2,24,25,26). The van der Waals surface area contributed by atoms with E-state index >= 15 is 0 Å². The summed E-state index contributed by atoms with van der Waals surface area (Å²) >= 11 is 0. The Morgan fingerprint density at radius 1 is 1.14 bits per heavy atom. The zero-order valence-corrected chi connectivity index (χ0v) is 17.1. The number of hydrogen-bond donors (Lipinski definition) is 2. The Labute approximate surface area is 168 Å². The first-order chi connectivity index (χ1) is 13.8. The van der Waals surface area contributed by atoms with Gasteiger partial charge in [-0.15, -0.1) is 0 Å². The molecule has 0 bridgehead atoms. The van der Waals surface area contributed by atoms with Gasteiger partial charge in [0.2, 0.25) is 0 Å². The van der Waals surface area contributed by atoms with Crippen LogP contribution in [0.3, 0.4) is 0 Å². The average molecular weight is 383 g/mol. The van der Waals surface area contributed by atoms with Crippen molar-refractivity contribution >= 4 is 5.96 Å². The van der Waals surface area contributed by atoms with Gasteiger partial charge in [-0.05, 0) is 37.7 Å². The average Bonchev–Trinajstić information content (AvgIpc) is 3.11. The van der Waals surface area contributed by atoms with Crippen molar-refractivity contribution in [1.29, 1.82) is 0 Å². The smallest absolute Gasteiger partial charge is 0.191 e. The number of fused-ring (bicyclic) bond motifs is 2. The van der Waals surface area contributed by atoms with Gasteiger partial charge in [-0.1, -0.05) is 36.8 Å². The molecule has 1 aromatic rings. The summed E-state index contributed by atoms with van der Waals surface area (Å²) in [4.78, 5) is 7.14. The molecular formula is C23H34N4O. The summed E-state index contributed by atoms with van der Waals surface area (Å²) in [5, 5.41) is 7.54. The van der Waals surface area contributed by atoms with Crippen molar-refractivity contribution in [3.63, 3.8) is 0 Å². The normalized spacial score (nSPS) is 32.5. The Morgan fingerprint density at radius 2 is 1.93 bits per heavy atom. The first-order valence-corrected chi connectivity index (χ1v) is 11.2. The molecule has 0 amide bonds. The quantitative estimate of drug-likeness (QED) is 0.621. The molecule has 1 aromatic carbocycles. The van der Waals surface area contributed by atoms with E-state index in [9.17, 15) is 0 Å². The maximum absolute atomic E-state index is 6.06. The molecule has 5 nitrogen and oxygen atoms in total. The molecule has 2 saturated heterocycles. The third-order valence-electron chi connectivity index (χ3n) is 7.73. The fourth-order valence-electron chi connectivity index (χ4n) is 6.04. The highest BCUT2D eigenvalue weighted by molar-refractivity contribution is 5.80. The fraction of sp³-hybridized carbons (Fsp3) is 0.696. The van der Waals surface area contributed by atoms with Gasteiger partial charge in [-0.3, -0.25) is 9.89 Å². The molecule has 1 spiro atoms. The van der Waals surface area contributed by atoms with Gasteiger partial charge >= 0.3 is 0 Å². The van der Waals surface area contributed by atoms with Crippen LogP contribution in [0.2, 0.25) is 0 Å². The van der Waals surface area contributed by atoms with Crippen LogP contribution in [0.15, 0.2) is 35.3 Å². The van der Waals surface area contributed by atoms with E-state index in [1.54, 1.807) is 0 Å². The maximum atomic E-state index is 6.06. The number of nitrogens with zero attached hydrogens (tertiary/aromatic N) is 2. The Hall–Kier alpha value is -1.59. The Morgan fingerprint density at radius 3 is 2.61 bits per heavy atom. The van der Waals surface area contributed by atoms with E-state index in [1.807, 2.05) is 7.05 Å². The first-order valence-electron chi connectivity index (χ1n) is 11.2. The van der Waals surface area contributed by atoms with Crippen LogP contribution in [-0.4, -0.2) is 55.8 Å². The Balaban J connectivity index is 1.12. The van der Waals surface area contributed by atoms with Crippen LogP contribution >= 0.6 is 0 Å². The minimum absolute atomic E-state index is 0.401. The van der Waals surface area contributed by atoms with Gasteiger partial charge in [0.05, 0.1) is 6.10 Å². The van der Waals surface area contributed by atoms with Gasteiger partial charge in [-0.2, -0.15) is 0 Å². The highest BCUT2D eigenvalue weighted by Crippen LogP contribution is 2.62. The topological polar surface area (TPSA) is 48.9 Å². The van der Waals surface area contributed by atoms with E-state index in [-0.39, 0.29) is 0 Å². The van der Waals surface area contributed by atoms with Crippen LogP contribution in [-0.2, 0) is 11.3 Å². The molecule has 5 heteroatoms. The predicted molar refractivity (Wildman–Crippen MR) is 112 cm³/mol. The van der Waals surface area contributed by atoms with E-state index in [0.29, 0.717) is 29.5 Å². The van der Waals surface area contributed by atoms with Crippen LogP contribution in [0.25, 0.3) is 0 Å². The van der Waals surface area contributed by atoms with E-state index in [2.05, 4.69) is 50.9 Å². The van der Waals surface area contributed by atoms with Crippen molar-refractivity contribution in [3.8, 4) is 0 Å². The Kier molecular flexibility index (Phi) is 5.06. The molecule has 0 aromatic heterocycles. The molecule has 4 aliphatic rings. The second-order valence-corrected chi connectivity index (χ2v) is 9.21. The molecule has 2 N–H and O–H groups in total. The number of piperidine rings is 1. The van der Waals surface area contributed by atoms with Gasteiger partial charge in [0.1, 0.15) is 0 Å². The number of guanidine groups is 1. The van der Waals surface area contributed by atoms with Crippen molar-refractivity contribution < 1.29 is 4.74 Å². The SMILES string of the molecule is CN=C(NC1CCN(Cc2ccccc2)CC1)NC1C2CCOC2C12CCC2. The number of aliphatic imine (C=N–C) groups is 1. The lowest BCUT2D eigenvalue weighted by Gasteiger charge is -2.63. The van der Waals surface area contributed by atoms with Crippen LogP contribution < -0.4 is 10.6 Å². The second kappa shape index (κ2) is 7.68. The van der Waals surface area contributed by atoms with Gasteiger partial charge < -0.3 is 15.4 Å². The zero-order chi connectivity index (χ0) is 19.0. The summed E-state index contributed by atoms with van der Waals surface area (Å²) in [6, 6.07) is 11.9. The van der Waals surface area contributed by atoms with Gasteiger partial charge in [0.25, 0.3) is 0 Å². The highest BCUT2D eigenvalue weighted by Gasteiger charge is 2.66. The molecule has 28 heavy (non-hydrogen) atoms. The highest BCUT2D eigenvalue weighted by atomic mass is 16.5. The third kappa shape index (κ3) is 3.22. The van der Waals surface area contributed by atoms with Crippen LogP contribution in [0, 0.1) is 11.3 Å². The van der Waals surface area contributed by atoms with Gasteiger partial charge in [-0.25, -0.2) is 0 Å². The summed E-state index contributed by atoms with van der Waals surface area (Å²) in [6.45, 7) is 4.31. The summed E-state index contributed by atoms with van der Waals surface area (Å²) in [7, 11) is 1.91. The number of rotatable bonds is 4. The van der Waals surface area contributed by atoms with E-state index in [1.165, 1.54) is 44.1 Å². The van der Waals surface area contributed by atoms with Crippen LogP contribution in [0.4, 0.5) is 0 Å². The van der Waals surface area contributed by atoms with E-state index < -0.39 is 0 Å². The molecule has 152 valence electrons. The van der Waals surface area contributed by atoms with Crippen molar-refractivity contribution in [2.24, 2.45) is 16.3 Å². The van der Waals surface area contributed by atoms with Gasteiger partial charge in [0.15, 0.2) is 5.96 Å². The molecule has 2 saturated carbocycles. The zero-order valence-electron chi connectivity index (χ0n) is 17.1. The van der Waals surface area contributed by atoms with Crippen molar-refractivity contribution in [3.05, 3.63) is 35.9 Å². The molecule has 3 atom stereocenters. The molecule has 2 aliphatic carbocycles. The van der Waals surface area contributed by atoms with Crippen molar-refractivity contribution in [2.45, 2.75) is 63.3 Å². The molecular weight excluding hydrogens is 348 g/mol. The maximum Gasteiger partial charge on any atom is 0.191 e. The number of benzene rings is 1. The Bertz CT molecular complexity index is 694. The number of hydrogen-bond acceptors (Lipinski definition) is 3. The number of nitrogens with one attached hydrogen (secondary N) is 2. The lowest BCUT2D eigenvalue weighted by molar-refractivity contribution is -0.171. The monoisotopic (exact) mass is 382 g/mol. The van der Waals surface area contributed by atoms with E-state index in [4.69, 9.17) is 4.74 Å². The van der Waals surface area contributed by atoms with Crippen LogP contribution in [0.5, 0.6) is 0 Å². The third-order valence-corrected chi connectivity index (χ3v) is 7.73. The largest absolute Gasteiger partial charge is 0.377 e. The molecule has 3 unspecified atom stereocenters. The minimum atomic E-state index is 0.401. The molecule has 5 rings (SSSR count). The molecule has 2 aliphatic heterocycles. The second-order valence-electron chi connectivity index (χ2n) is 9.21. The minimum Gasteiger partial charge on any atom is -0.377 e. The fourth-order valence-corrected chi connectivity index (χ4v) is 6.04. The van der Waals surface area contributed by atoms with Crippen LogP contribution in [0.1, 0.15) is 44.1 Å². The summed E-state index contributed by atoms with van der Waals surface area (Å²) in [5.74, 6) is 1.69. The lowest BCUT2D eigenvalue weighted by Crippen LogP contribution is -2.72. The predicted octanol–water partition coefficient (Wildman–Crippen LogP) is 2.77. The summed E-state index contributed by atoms with van der Waals surface area (Å²) < 4.78 is 6.06. The molecule has 0 radical (unpaired) electrons. The molecule has 4 fully saturated rings. The summed E-state index contributed by atoms with van der Waals surface area (Å²) in [6.07, 6.45) is 8.08. The van der Waals surface area contributed by atoms with E-state index in [0.717, 1.165) is 32.2 Å². The van der Waals surface area contributed by atoms with Crippen molar-refractivity contribution in [2.75, 3.05) is 26.7 Å². The number of likely N-dealkylation sites (tertiary alicyclic amines) is 1. The number of ether oxygens (including phenoxy) is 1. The lowest BCUT2D eigenvalue weighted by atomic mass is 9.46. The first kappa shape index (κ1) is 18.4. The summed E-state index contributed by atoms with van der Waals surface area (Å²) in [5.41, 5.74) is 1.81.